The van der Waals surface area contributed by atoms with E-state index in [2.05, 4.69) is 10.3 Å². The van der Waals surface area contributed by atoms with Gasteiger partial charge in [-0.1, -0.05) is 36.5 Å². The van der Waals surface area contributed by atoms with Crippen LogP contribution in [0.3, 0.4) is 0 Å². The summed E-state index contributed by atoms with van der Waals surface area (Å²) in [6.07, 6.45) is 0.990. The summed E-state index contributed by atoms with van der Waals surface area (Å²) in [5, 5.41) is 11.4. The SMILES string of the molecule is CCC[C@@H](NC(=O)c1ccc(Cl)nc1Cl)C(=O)O. The molecule has 0 fully saturated rings. The summed E-state index contributed by atoms with van der Waals surface area (Å²) in [7, 11) is 0. The Morgan fingerprint density at radius 1 is 1.44 bits per heavy atom. The Morgan fingerprint density at radius 3 is 2.61 bits per heavy atom. The van der Waals surface area contributed by atoms with E-state index < -0.39 is 17.9 Å². The van der Waals surface area contributed by atoms with Crippen molar-refractivity contribution in [2.75, 3.05) is 0 Å². The molecule has 1 aromatic heterocycles. The molecule has 5 nitrogen and oxygen atoms in total. The number of nitrogens with zero attached hydrogens (tertiary/aromatic N) is 1. The number of carboxylic acid groups (broad SMARTS) is 1. The number of halogens is 2. The molecular weight excluding hydrogens is 279 g/mol. The number of carboxylic acids is 1. The number of aliphatic carboxylic acids is 1. The zero-order valence-electron chi connectivity index (χ0n) is 9.61. The number of amides is 1. The molecule has 0 spiro atoms. The molecule has 1 rings (SSSR count). The maximum Gasteiger partial charge on any atom is 0.326 e. The minimum Gasteiger partial charge on any atom is -0.480 e. The number of hydrogen-bond acceptors (Lipinski definition) is 3. The van der Waals surface area contributed by atoms with Gasteiger partial charge in [0, 0.05) is 0 Å². The van der Waals surface area contributed by atoms with E-state index >= 15 is 0 Å². The highest BCUT2D eigenvalue weighted by Crippen LogP contribution is 2.16. The quantitative estimate of drug-likeness (QED) is 0.816. The normalized spacial score (nSPS) is 11.9. The molecule has 2 N–H and O–H groups in total. The van der Waals surface area contributed by atoms with Crippen LogP contribution in [0.2, 0.25) is 10.3 Å². The van der Waals surface area contributed by atoms with E-state index in [0.29, 0.717) is 12.8 Å². The monoisotopic (exact) mass is 290 g/mol. The number of hydrogen-bond donors (Lipinski definition) is 2. The smallest absolute Gasteiger partial charge is 0.326 e. The zero-order valence-corrected chi connectivity index (χ0v) is 11.1. The Bertz CT molecular complexity index is 466. The van der Waals surface area contributed by atoms with Crippen LogP contribution in [0.5, 0.6) is 0 Å². The first-order chi connectivity index (χ1) is 8.45. The predicted octanol–water partition coefficient (Wildman–Crippen LogP) is 2.37. The predicted molar refractivity (Wildman–Crippen MR) is 68.1 cm³/mol. The van der Waals surface area contributed by atoms with Crippen LogP contribution in [0.25, 0.3) is 0 Å². The number of carbonyl (C=O) groups is 2. The summed E-state index contributed by atoms with van der Waals surface area (Å²) in [5.74, 6) is -1.66. The molecule has 7 heteroatoms. The largest absolute Gasteiger partial charge is 0.480 e. The summed E-state index contributed by atoms with van der Waals surface area (Å²) < 4.78 is 0. The molecule has 1 heterocycles. The van der Waals surface area contributed by atoms with Gasteiger partial charge in [0.1, 0.15) is 16.3 Å². The van der Waals surface area contributed by atoms with Crippen LogP contribution < -0.4 is 5.32 Å². The van der Waals surface area contributed by atoms with Crippen molar-refractivity contribution >= 4 is 35.1 Å². The van der Waals surface area contributed by atoms with Crippen molar-refractivity contribution in [1.82, 2.24) is 10.3 Å². The molecule has 0 aliphatic carbocycles. The van der Waals surface area contributed by atoms with Gasteiger partial charge in [0.25, 0.3) is 5.91 Å². The molecule has 1 atom stereocenters. The first-order valence-electron chi connectivity index (χ1n) is 5.31. The average molecular weight is 291 g/mol. The van der Waals surface area contributed by atoms with E-state index in [1.807, 2.05) is 6.92 Å². The van der Waals surface area contributed by atoms with Crippen molar-refractivity contribution in [2.24, 2.45) is 0 Å². The molecule has 98 valence electrons. The van der Waals surface area contributed by atoms with Crippen molar-refractivity contribution in [3.8, 4) is 0 Å². The Balaban J connectivity index is 2.83. The number of pyridine rings is 1. The number of rotatable bonds is 5. The Kier molecular flexibility index (Phi) is 5.37. The molecule has 1 amide bonds. The Labute approximate surface area is 114 Å². The zero-order chi connectivity index (χ0) is 13.7. The topological polar surface area (TPSA) is 79.3 Å². The van der Waals surface area contributed by atoms with Crippen molar-refractivity contribution in [3.63, 3.8) is 0 Å². The molecule has 0 aliphatic rings. The molecular formula is C11H12Cl2N2O3. The fourth-order valence-corrected chi connectivity index (χ4v) is 1.79. The van der Waals surface area contributed by atoms with Crippen molar-refractivity contribution < 1.29 is 14.7 Å². The van der Waals surface area contributed by atoms with Gasteiger partial charge in [-0.3, -0.25) is 4.79 Å². The minimum absolute atomic E-state index is 0.0550. The summed E-state index contributed by atoms with van der Waals surface area (Å²) in [6, 6.07) is 1.88. The summed E-state index contributed by atoms with van der Waals surface area (Å²) in [4.78, 5) is 26.5. The second-order valence-corrected chi connectivity index (χ2v) is 4.37. The molecule has 0 unspecified atom stereocenters. The van der Waals surface area contributed by atoms with Crippen LogP contribution in [-0.2, 0) is 4.79 Å². The van der Waals surface area contributed by atoms with Crippen molar-refractivity contribution in [3.05, 3.63) is 28.0 Å². The lowest BCUT2D eigenvalue weighted by molar-refractivity contribution is -0.139. The fourth-order valence-electron chi connectivity index (χ4n) is 1.36. The Morgan fingerprint density at radius 2 is 2.11 bits per heavy atom. The third-order valence-electron chi connectivity index (χ3n) is 2.24. The summed E-state index contributed by atoms with van der Waals surface area (Å²) >= 11 is 11.4. The van der Waals surface area contributed by atoms with Crippen molar-refractivity contribution in [1.29, 1.82) is 0 Å². The molecule has 18 heavy (non-hydrogen) atoms. The van der Waals surface area contributed by atoms with Crippen LogP contribution in [0.15, 0.2) is 12.1 Å². The highest BCUT2D eigenvalue weighted by Gasteiger charge is 2.21. The van der Waals surface area contributed by atoms with Gasteiger partial charge in [-0.15, -0.1) is 0 Å². The van der Waals surface area contributed by atoms with Crippen molar-refractivity contribution in [2.45, 2.75) is 25.8 Å². The maximum absolute atomic E-state index is 11.8. The van der Waals surface area contributed by atoms with Gasteiger partial charge in [0.2, 0.25) is 0 Å². The van der Waals surface area contributed by atoms with Gasteiger partial charge < -0.3 is 10.4 Å². The number of aromatic nitrogens is 1. The number of carbonyl (C=O) groups excluding carboxylic acids is 1. The van der Waals surface area contributed by atoms with E-state index in [1.165, 1.54) is 12.1 Å². The van der Waals surface area contributed by atoms with Crippen LogP contribution in [0, 0.1) is 0 Å². The molecule has 0 bridgehead atoms. The average Bonchev–Trinajstić information content (AvgIpc) is 2.27. The summed E-state index contributed by atoms with van der Waals surface area (Å²) in [6.45, 7) is 1.83. The van der Waals surface area contributed by atoms with Gasteiger partial charge in [0.15, 0.2) is 0 Å². The van der Waals surface area contributed by atoms with Crippen LogP contribution in [-0.4, -0.2) is 28.0 Å². The second-order valence-electron chi connectivity index (χ2n) is 3.63. The minimum atomic E-state index is -1.08. The first-order valence-corrected chi connectivity index (χ1v) is 6.07. The standard InChI is InChI=1S/C11H12Cl2N2O3/c1-2-3-7(11(17)18)14-10(16)6-4-5-8(12)15-9(6)13/h4-5,7H,2-3H2,1H3,(H,14,16)(H,17,18)/t7-/m1/s1. The lowest BCUT2D eigenvalue weighted by Gasteiger charge is -2.13. The molecule has 0 saturated heterocycles. The highest BCUT2D eigenvalue weighted by molar-refractivity contribution is 6.34. The van der Waals surface area contributed by atoms with Gasteiger partial charge in [0.05, 0.1) is 5.56 Å². The van der Waals surface area contributed by atoms with Gasteiger partial charge in [-0.2, -0.15) is 0 Å². The Hall–Kier alpha value is -1.33. The first kappa shape index (κ1) is 14.7. The molecule has 0 aromatic carbocycles. The van der Waals surface area contributed by atoms with E-state index in [-0.39, 0.29) is 15.9 Å². The van der Waals surface area contributed by atoms with Gasteiger partial charge >= 0.3 is 5.97 Å². The van der Waals surface area contributed by atoms with Gasteiger partial charge in [-0.25, -0.2) is 9.78 Å². The van der Waals surface area contributed by atoms with E-state index in [4.69, 9.17) is 28.3 Å². The van der Waals surface area contributed by atoms with E-state index in [1.54, 1.807) is 0 Å². The third kappa shape index (κ3) is 3.85. The molecule has 0 radical (unpaired) electrons. The summed E-state index contributed by atoms with van der Waals surface area (Å²) in [5.41, 5.74) is 0.100. The van der Waals surface area contributed by atoms with E-state index in [9.17, 15) is 9.59 Å². The third-order valence-corrected chi connectivity index (χ3v) is 2.74. The lowest BCUT2D eigenvalue weighted by Crippen LogP contribution is -2.40. The maximum atomic E-state index is 11.8. The van der Waals surface area contributed by atoms with Gasteiger partial charge in [-0.05, 0) is 18.6 Å². The van der Waals surface area contributed by atoms with Crippen LogP contribution in [0.4, 0.5) is 0 Å². The molecule has 1 aromatic rings. The second kappa shape index (κ2) is 6.56. The fraction of sp³-hybridized carbons (Fsp3) is 0.364. The van der Waals surface area contributed by atoms with Crippen LogP contribution >= 0.6 is 23.2 Å². The molecule has 0 saturated carbocycles. The highest BCUT2D eigenvalue weighted by atomic mass is 35.5. The van der Waals surface area contributed by atoms with Crippen LogP contribution in [0.1, 0.15) is 30.1 Å². The van der Waals surface area contributed by atoms with E-state index in [0.717, 1.165) is 0 Å². The molecule has 0 aliphatic heterocycles. The number of nitrogens with one attached hydrogen (secondary N) is 1. The lowest BCUT2D eigenvalue weighted by atomic mass is 10.1.